The topological polar surface area (TPSA) is 8.82 Å². The van der Waals surface area contributed by atoms with Crippen molar-refractivity contribution in [3.05, 3.63) is 73.3 Å². The Hall–Kier alpha value is -2.48. The summed E-state index contributed by atoms with van der Waals surface area (Å²) >= 11 is 0. The van der Waals surface area contributed by atoms with Crippen molar-refractivity contribution in [3.8, 4) is 11.1 Å². The molecule has 0 spiro atoms. The molecule has 0 amide bonds. The van der Waals surface area contributed by atoms with Crippen LogP contribution in [0.25, 0.3) is 22.2 Å². The standard InChI is InChI=1S/C16H12N2/c1-2-8-18-11-7-15(16(18)5-1)13-6-10-17-9-3-4-14(17)12-13/h1-12H. The van der Waals surface area contributed by atoms with Crippen LogP contribution in [0.4, 0.5) is 0 Å². The number of hydrogen-bond donors (Lipinski definition) is 0. The summed E-state index contributed by atoms with van der Waals surface area (Å²) in [5.41, 5.74) is 5.00. The van der Waals surface area contributed by atoms with Crippen molar-refractivity contribution in [2.24, 2.45) is 0 Å². The Kier molecular flexibility index (Phi) is 1.86. The second-order valence-corrected chi connectivity index (χ2v) is 4.48. The van der Waals surface area contributed by atoms with Gasteiger partial charge >= 0.3 is 0 Å². The van der Waals surface area contributed by atoms with E-state index in [0.29, 0.717) is 0 Å². The largest absolute Gasteiger partial charge is 0.324 e. The van der Waals surface area contributed by atoms with Crippen LogP contribution < -0.4 is 0 Å². The van der Waals surface area contributed by atoms with Crippen molar-refractivity contribution in [1.29, 1.82) is 0 Å². The molecule has 0 aliphatic carbocycles. The first kappa shape index (κ1) is 9.54. The Morgan fingerprint density at radius 1 is 0.667 bits per heavy atom. The van der Waals surface area contributed by atoms with Crippen molar-refractivity contribution in [2.45, 2.75) is 0 Å². The van der Waals surface area contributed by atoms with Gasteiger partial charge in [0.25, 0.3) is 0 Å². The summed E-state index contributed by atoms with van der Waals surface area (Å²) in [6.07, 6.45) is 8.36. The first-order valence-corrected chi connectivity index (χ1v) is 6.05. The molecule has 0 aliphatic rings. The lowest BCUT2D eigenvalue weighted by atomic mass is 10.1. The van der Waals surface area contributed by atoms with Gasteiger partial charge in [-0.2, -0.15) is 0 Å². The maximum absolute atomic E-state index is 2.22. The van der Waals surface area contributed by atoms with Crippen LogP contribution in [0.5, 0.6) is 0 Å². The number of aromatic nitrogens is 2. The average molecular weight is 232 g/mol. The minimum atomic E-state index is 1.22. The van der Waals surface area contributed by atoms with E-state index in [1.807, 2.05) is 6.07 Å². The van der Waals surface area contributed by atoms with Gasteiger partial charge in [-0.1, -0.05) is 6.07 Å². The molecule has 0 aromatic carbocycles. The number of nitrogens with zero attached hydrogens (tertiary/aromatic N) is 2. The summed E-state index contributed by atoms with van der Waals surface area (Å²) in [5.74, 6) is 0. The molecular formula is C16H12N2. The van der Waals surface area contributed by atoms with Crippen molar-refractivity contribution in [2.75, 3.05) is 0 Å². The minimum Gasteiger partial charge on any atom is -0.324 e. The fraction of sp³-hybridized carbons (Fsp3) is 0. The van der Waals surface area contributed by atoms with E-state index < -0.39 is 0 Å². The number of rotatable bonds is 1. The maximum Gasteiger partial charge on any atom is 0.0528 e. The van der Waals surface area contributed by atoms with Crippen molar-refractivity contribution < 1.29 is 0 Å². The molecule has 0 saturated heterocycles. The molecule has 2 nitrogen and oxygen atoms in total. The summed E-state index contributed by atoms with van der Waals surface area (Å²) in [5, 5.41) is 0. The summed E-state index contributed by atoms with van der Waals surface area (Å²) in [6, 6.07) is 17.0. The molecule has 2 heteroatoms. The highest BCUT2D eigenvalue weighted by molar-refractivity contribution is 5.82. The first-order valence-electron chi connectivity index (χ1n) is 6.05. The second kappa shape index (κ2) is 3.50. The van der Waals surface area contributed by atoms with E-state index in [4.69, 9.17) is 0 Å². The highest BCUT2D eigenvalue weighted by Gasteiger charge is 2.05. The third kappa shape index (κ3) is 1.29. The lowest BCUT2D eigenvalue weighted by Gasteiger charge is -2.02. The van der Waals surface area contributed by atoms with E-state index in [9.17, 15) is 0 Å². The highest BCUT2D eigenvalue weighted by atomic mass is 14.9. The summed E-state index contributed by atoms with van der Waals surface area (Å²) in [7, 11) is 0. The molecule has 0 bridgehead atoms. The van der Waals surface area contributed by atoms with Gasteiger partial charge < -0.3 is 8.80 Å². The van der Waals surface area contributed by atoms with Crippen LogP contribution in [0, 0.1) is 0 Å². The Bertz CT molecular complexity index is 836. The van der Waals surface area contributed by atoms with Gasteiger partial charge in [0, 0.05) is 35.9 Å². The molecule has 4 aromatic heterocycles. The molecule has 0 saturated carbocycles. The van der Waals surface area contributed by atoms with E-state index in [1.165, 1.54) is 22.2 Å². The lowest BCUT2D eigenvalue weighted by Crippen LogP contribution is -1.84. The fourth-order valence-corrected chi connectivity index (χ4v) is 2.50. The molecule has 0 radical (unpaired) electrons. The van der Waals surface area contributed by atoms with Crippen LogP contribution in [0.15, 0.2) is 73.3 Å². The lowest BCUT2D eigenvalue weighted by molar-refractivity contribution is 1.20. The number of pyridine rings is 2. The molecule has 0 N–H and O–H groups in total. The predicted octanol–water partition coefficient (Wildman–Crippen LogP) is 3.86. The van der Waals surface area contributed by atoms with E-state index in [1.54, 1.807) is 0 Å². The third-order valence-corrected chi connectivity index (χ3v) is 3.41. The first-order chi connectivity index (χ1) is 8.92. The van der Waals surface area contributed by atoms with Gasteiger partial charge in [-0.25, -0.2) is 0 Å². The molecule has 4 rings (SSSR count). The van der Waals surface area contributed by atoms with E-state index >= 15 is 0 Å². The summed E-state index contributed by atoms with van der Waals surface area (Å²) in [6.45, 7) is 0. The van der Waals surface area contributed by atoms with E-state index in [2.05, 4.69) is 76.1 Å². The quantitative estimate of drug-likeness (QED) is 0.471. The highest BCUT2D eigenvalue weighted by Crippen LogP contribution is 2.26. The van der Waals surface area contributed by atoms with E-state index in [-0.39, 0.29) is 0 Å². The van der Waals surface area contributed by atoms with Crippen molar-refractivity contribution in [1.82, 2.24) is 8.80 Å². The zero-order chi connectivity index (χ0) is 11.9. The molecule has 0 fully saturated rings. The van der Waals surface area contributed by atoms with Crippen LogP contribution in [0.2, 0.25) is 0 Å². The second-order valence-electron chi connectivity index (χ2n) is 4.48. The van der Waals surface area contributed by atoms with Crippen LogP contribution >= 0.6 is 0 Å². The Balaban J connectivity index is 2.00. The van der Waals surface area contributed by atoms with Gasteiger partial charge in [0.1, 0.15) is 0 Å². The number of hydrogen-bond acceptors (Lipinski definition) is 0. The van der Waals surface area contributed by atoms with Crippen molar-refractivity contribution in [3.63, 3.8) is 0 Å². The summed E-state index contributed by atoms with van der Waals surface area (Å²) in [4.78, 5) is 0. The average Bonchev–Trinajstić information content (AvgIpc) is 3.04. The van der Waals surface area contributed by atoms with Crippen LogP contribution in [-0.4, -0.2) is 8.80 Å². The zero-order valence-corrected chi connectivity index (χ0v) is 9.82. The Morgan fingerprint density at radius 3 is 2.56 bits per heavy atom. The Labute approximate surface area is 105 Å². The van der Waals surface area contributed by atoms with Crippen molar-refractivity contribution >= 4 is 11.0 Å². The molecular weight excluding hydrogens is 220 g/mol. The van der Waals surface area contributed by atoms with Gasteiger partial charge in [0.15, 0.2) is 0 Å². The monoisotopic (exact) mass is 232 g/mol. The molecule has 0 atom stereocenters. The molecule has 4 heterocycles. The molecule has 0 aliphatic heterocycles. The minimum absolute atomic E-state index is 1.22. The van der Waals surface area contributed by atoms with Crippen LogP contribution in [-0.2, 0) is 0 Å². The third-order valence-electron chi connectivity index (χ3n) is 3.41. The van der Waals surface area contributed by atoms with Gasteiger partial charge in [-0.05, 0) is 48.0 Å². The van der Waals surface area contributed by atoms with E-state index in [0.717, 1.165) is 0 Å². The Morgan fingerprint density at radius 2 is 1.56 bits per heavy atom. The number of fused-ring (bicyclic) bond motifs is 2. The fourth-order valence-electron chi connectivity index (χ4n) is 2.50. The van der Waals surface area contributed by atoms with Gasteiger partial charge in [0.05, 0.1) is 5.52 Å². The normalized spacial score (nSPS) is 11.3. The molecule has 18 heavy (non-hydrogen) atoms. The van der Waals surface area contributed by atoms with Gasteiger partial charge in [-0.15, -0.1) is 0 Å². The molecule has 86 valence electrons. The SMILES string of the molecule is c1ccn2ccc(-c3ccn4cccc4c3)c2c1. The smallest absolute Gasteiger partial charge is 0.0528 e. The van der Waals surface area contributed by atoms with Gasteiger partial charge in [0.2, 0.25) is 0 Å². The van der Waals surface area contributed by atoms with Gasteiger partial charge in [-0.3, -0.25) is 0 Å². The van der Waals surface area contributed by atoms with Crippen LogP contribution in [0.1, 0.15) is 0 Å². The predicted molar refractivity (Wildman–Crippen MR) is 73.8 cm³/mol. The molecule has 0 unspecified atom stereocenters. The zero-order valence-electron chi connectivity index (χ0n) is 9.82. The maximum atomic E-state index is 2.22. The summed E-state index contributed by atoms with van der Waals surface area (Å²) < 4.78 is 4.28. The molecule has 4 aromatic rings. The van der Waals surface area contributed by atoms with Crippen LogP contribution in [0.3, 0.4) is 0 Å².